The number of morpholine rings is 1. The van der Waals surface area contributed by atoms with E-state index in [1.165, 1.54) is 17.4 Å². The molecule has 0 spiro atoms. The minimum absolute atomic E-state index is 0.107. The number of hydrogen-bond acceptors (Lipinski definition) is 7. The summed E-state index contributed by atoms with van der Waals surface area (Å²) >= 11 is 1.44. The van der Waals surface area contributed by atoms with Crippen molar-refractivity contribution in [3.8, 4) is 6.07 Å². The van der Waals surface area contributed by atoms with Gasteiger partial charge in [0.2, 0.25) is 0 Å². The lowest BCUT2D eigenvalue weighted by Crippen LogP contribution is -2.36. The Labute approximate surface area is 178 Å². The summed E-state index contributed by atoms with van der Waals surface area (Å²) in [4.78, 5) is 27.1. The van der Waals surface area contributed by atoms with E-state index in [-0.39, 0.29) is 11.3 Å². The molecule has 1 unspecified atom stereocenters. The van der Waals surface area contributed by atoms with Gasteiger partial charge in [-0.1, -0.05) is 6.92 Å². The number of nitrogens with zero attached hydrogens (tertiary/aromatic N) is 3. The molecule has 0 bridgehead atoms. The van der Waals surface area contributed by atoms with Crippen LogP contribution in [-0.4, -0.2) is 37.1 Å². The summed E-state index contributed by atoms with van der Waals surface area (Å²) in [5, 5.41) is 24.6. The molecule has 9 heteroatoms. The molecule has 0 radical (unpaired) electrons. The van der Waals surface area contributed by atoms with Gasteiger partial charge in [0.25, 0.3) is 11.6 Å². The first kappa shape index (κ1) is 20.3. The summed E-state index contributed by atoms with van der Waals surface area (Å²) in [6, 6.07) is 6.74. The molecule has 1 atom stereocenters. The molecule has 1 aromatic carbocycles. The average molecular weight is 426 g/mol. The lowest BCUT2D eigenvalue weighted by atomic mass is 9.88. The molecule has 1 fully saturated rings. The third-order valence-electron chi connectivity index (χ3n) is 5.64. The van der Waals surface area contributed by atoms with E-state index in [0.29, 0.717) is 48.5 Å². The van der Waals surface area contributed by atoms with Crippen LogP contribution in [0, 0.1) is 27.4 Å². The highest BCUT2D eigenvalue weighted by molar-refractivity contribution is 7.16. The Bertz CT molecular complexity index is 1040. The van der Waals surface area contributed by atoms with Gasteiger partial charge in [0, 0.05) is 29.6 Å². The van der Waals surface area contributed by atoms with Gasteiger partial charge in [0.1, 0.15) is 16.8 Å². The van der Waals surface area contributed by atoms with Gasteiger partial charge in [-0.25, -0.2) is 0 Å². The predicted molar refractivity (Wildman–Crippen MR) is 114 cm³/mol. The zero-order chi connectivity index (χ0) is 21.3. The second kappa shape index (κ2) is 8.42. The summed E-state index contributed by atoms with van der Waals surface area (Å²) in [6.45, 7) is 4.34. The van der Waals surface area contributed by atoms with E-state index < -0.39 is 10.8 Å². The highest BCUT2D eigenvalue weighted by Crippen LogP contribution is 2.39. The first-order chi connectivity index (χ1) is 14.5. The number of anilines is 2. The van der Waals surface area contributed by atoms with Gasteiger partial charge in [-0.2, -0.15) is 5.26 Å². The number of nitro groups is 1. The maximum absolute atomic E-state index is 12.9. The molecule has 2 aromatic rings. The third-order valence-corrected chi connectivity index (χ3v) is 6.81. The molecular formula is C21H22N4O4S. The van der Waals surface area contributed by atoms with Crippen molar-refractivity contribution in [3.05, 3.63) is 49.9 Å². The van der Waals surface area contributed by atoms with E-state index in [0.717, 1.165) is 29.7 Å². The number of nitrogens with one attached hydrogen (secondary N) is 1. The molecule has 2 heterocycles. The maximum Gasteiger partial charge on any atom is 0.293 e. The van der Waals surface area contributed by atoms with E-state index >= 15 is 0 Å². The summed E-state index contributed by atoms with van der Waals surface area (Å²) < 4.78 is 5.31. The van der Waals surface area contributed by atoms with Crippen LogP contribution in [-0.2, 0) is 17.6 Å². The van der Waals surface area contributed by atoms with E-state index in [9.17, 15) is 20.2 Å². The number of carbonyl (C=O) groups is 1. The Morgan fingerprint density at radius 2 is 2.17 bits per heavy atom. The van der Waals surface area contributed by atoms with Crippen LogP contribution in [0.15, 0.2) is 18.2 Å². The number of rotatable bonds is 4. The second-order valence-corrected chi connectivity index (χ2v) is 8.79. The molecule has 1 aromatic heterocycles. The number of nitriles is 1. The van der Waals surface area contributed by atoms with Crippen LogP contribution in [0.2, 0.25) is 0 Å². The Hall–Kier alpha value is -2.96. The van der Waals surface area contributed by atoms with Crippen LogP contribution in [0.5, 0.6) is 0 Å². The van der Waals surface area contributed by atoms with Gasteiger partial charge in [-0.3, -0.25) is 14.9 Å². The molecule has 1 amide bonds. The number of ether oxygens (including phenoxy) is 1. The fourth-order valence-electron chi connectivity index (χ4n) is 4.01. The number of amides is 1. The molecule has 1 aliphatic heterocycles. The van der Waals surface area contributed by atoms with Crippen LogP contribution in [0.1, 0.15) is 39.7 Å². The SMILES string of the molecule is CC1CCc2c(sc(NC(=O)c3ccc(N4CCOCC4)c([N+](=O)[O-])c3)c2C#N)C1. The topological polar surface area (TPSA) is 108 Å². The van der Waals surface area contributed by atoms with E-state index in [4.69, 9.17) is 4.74 Å². The smallest absolute Gasteiger partial charge is 0.293 e. The lowest BCUT2D eigenvalue weighted by molar-refractivity contribution is -0.384. The number of fused-ring (bicyclic) bond motifs is 1. The number of carbonyl (C=O) groups excluding carboxylic acids is 1. The Morgan fingerprint density at radius 3 is 2.87 bits per heavy atom. The molecule has 4 rings (SSSR count). The number of nitro benzene ring substituents is 1. The maximum atomic E-state index is 12.9. The molecule has 1 saturated heterocycles. The molecular weight excluding hydrogens is 404 g/mol. The predicted octanol–water partition coefficient (Wildman–Crippen LogP) is 3.74. The van der Waals surface area contributed by atoms with Crippen molar-refractivity contribution < 1.29 is 14.5 Å². The zero-order valence-electron chi connectivity index (χ0n) is 16.6. The third kappa shape index (κ3) is 3.88. The van der Waals surface area contributed by atoms with E-state index in [1.54, 1.807) is 12.1 Å². The van der Waals surface area contributed by atoms with E-state index in [1.807, 2.05) is 4.90 Å². The van der Waals surface area contributed by atoms with Gasteiger partial charge < -0.3 is 15.0 Å². The molecule has 30 heavy (non-hydrogen) atoms. The Morgan fingerprint density at radius 1 is 1.40 bits per heavy atom. The summed E-state index contributed by atoms with van der Waals surface area (Å²) in [6.07, 6.45) is 2.77. The van der Waals surface area contributed by atoms with Gasteiger partial charge in [0.15, 0.2) is 0 Å². The van der Waals surface area contributed by atoms with Crippen molar-refractivity contribution in [2.75, 3.05) is 36.5 Å². The van der Waals surface area contributed by atoms with Crippen LogP contribution in [0.25, 0.3) is 0 Å². The summed E-state index contributed by atoms with van der Waals surface area (Å²) in [7, 11) is 0. The quantitative estimate of drug-likeness (QED) is 0.589. The van der Waals surface area contributed by atoms with E-state index in [2.05, 4.69) is 18.3 Å². The zero-order valence-corrected chi connectivity index (χ0v) is 17.5. The number of benzene rings is 1. The average Bonchev–Trinajstić information content (AvgIpc) is 3.09. The summed E-state index contributed by atoms with van der Waals surface area (Å²) in [5.74, 6) is 0.108. The molecule has 1 N–H and O–H groups in total. The fourth-order valence-corrected chi connectivity index (χ4v) is 5.37. The largest absolute Gasteiger partial charge is 0.378 e. The molecule has 8 nitrogen and oxygen atoms in total. The molecule has 156 valence electrons. The normalized spacial score (nSPS) is 18.4. The second-order valence-electron chi connectivity index (χ2n) is 7.68. The fraction of sp³-hybridized carbons (Fsp3) is 0.429. The van der Waals surface area contributed by atoms with Crippen molar-refractivity contribution in [3.63, 3.8) is 0 Å². The van der Waals surface area contributed by atoms with Crippen LogP contribution in [0.3, 0.4) is 0 Å². The van der Waals surface area contributed by atoms with Crippen molar-refractivity contribution in [2.45, 2.75) is 26.2 Å². The van der Waals surface area contributed by atoms with Crippen molar-refractivity contribution >= 4 is 33.6 Å². The number of hydrogen-bond donors (Lipinski definition) is 1. The summed E-state index contributed by atoms with van der Waals surface area (Å²) in [5.41, 5.74) is 2.13. The highest BCUT2D eigenvalue weighted by Gasteiger charge is 2.26. The Balaban J connectivity index is 1.60. The van der Waals surface area contributed by atoms with Gasteiger partial charge in [-0.05, 0) is 42.9 Å². The minimum atomic E-state index is -0.465. The molecule has 0 saturated carbocycles. The van der Waals surface area contributed by atoms with Crippen LogP contribution in [0.4, 0.5) is 16.4 Å². The van der Waals surface area contributed by atoms with Gasteiger partial charge in [-0.15, -0.1) is 11.3 Å². The minimum Gasteiger partial charge on any atom is -0.378 e. The van der Waals surface area contributed by atoms with Crippen molar-refractivity contribution in [1.29, 1.82) is 5.26 Å². The Kier molecular flexibility index (Phi) is 5.70. The first-order valence-electron chi connectivity index (χ1n) is 9.95. The van der Waals surface area contributed by atoms with Crippen molar-refractivity contribution in [1.82, 2.24) is 0 Å². The van der Waals surface area contributed by atoms with Gasteiger partial charge in [0.05, 0.1) is 23.7 Å². The first-order valence-corrected chi connectivity index (χ1v) is 10.8. The van der Waals surface area contributed by atoms with Crippen molar-refractivity contribution in [2.24, 2.45) is 5.92 Å². The van der Waals surface area contributed by atoms with Gasteiger partial charge >= 0.3 is 0 Å². The monoisotopic (exact) mass is 426 g/mol. The van der Waals surface area contributed by atoms with Crippen LogP contribution < -0.4 is 10.2 Å². The highest BCUT2D eigenvalue weighted by atomic mass is 32.1. The lowest BCUT2D eigenvalue weighted by Gasteiger charge is -2.28. The van der Waals surface area contributed by atoms with Crippen LogP contribution >= 0.6 is 11.3 Å². The standard InChI is InChI=1S/C21H22N4O4S/c1-13-2-4-15-16(12-22)21(30-19(15)10-13)23-20(26)14-3-5-17(18(11-14)25(27)28)24-6-8-29-9-7-24/h3,5,11,13H,2,4,6-10H2,1H3,(H,23,26). The molecule has 1 aliphatic carbocycles. The molecule has 2 aliphatic rings. The number of thiophene rings is 1.